The predicted molar refractivity (Wildman–Crippen MR) is 97.9 cm³/mol. The molecule has 9 heteroatoms. The third-order valence-electron chi connectivity index (χ3n) is 4.21. The molecule has 0 spiro atoms. The Kier molecular flexibility index (Phi) is 5.24. The monoisotopic (exact) mass is 377 g/mol. The number of pyridine rings is 1. The van der Waals surface area contributed by atoms with Crippen LogP contribution in [0.15, 0.2) is 29.2 Å². The zero-order chi connectivity index (χ0) is 18.8. The summed E-state index contributed by atoms with van der Waals surface area (Å²) in [6, 6.07) is 4.77. The Morgan fingerprint density at radius 1 is 1.31 bits per heavy atom. The van der Waals surface area contributed by atoms with Gasteiger partial charge in [-0.05, 0) is 26.0 Å². The number of hydrogen-bond donors (Lipinski definition) is 1. The maximum absolute atomic E-state index is 12.8. The smallest absolute Gasteiger partial charge is 0.290 e. The highest BCUT2D eigenvalue weighted by molar-refractivity contribution is 6.29. The molecule has 26 heavy (non-hydrogen) atoms. The average Bonchev–Trinajstić information content (AvgIpc) is 2.59. The molecule has 2 aromatic heterocycles. The van der Waals surface area contributed by atoms with Gasteiger partial charge >= 0.3 is 0 Å². The lowest BCUT2D eigenvalue weighted by Crippen LogP contribution is -2.52. The largest absolute Gasteiger partial charge is 0.377 e. The van der Waals surface area contributed by atoms with Gasteiger partial charge in [-0.3, -0.25) is 9.59 Å². The van der Waals surface area contributed by atoms with Crippen molar-refractivity contribution in [3.8, 4) is 0 Å². The van der Waals surface area contributed by atoms with Crippen molar-refractivity contribution in [1.29, 1.82) is 0 Å². The number of rotatable bonds is 3. The molecule has 2 aromatic rings. The third-order valence-corrected chi connectivity index (χ3v) is 4.39. The van der Waals surface area contributed by atoms with Gasteiger partial charge in [-0.25, -0.2) is 9.67 Å². The Labute approximate surface area is 155 Å². The number of nitrogens with zero attached hydrogens (tertiary/aromatic N) is 4. The first-order valence-corrected chi connectivity index (χ1v) is 8.62. The van der Waals surface area contributed by atoms with Crippen molar-refractivity contribution in [1.82, 2.24) is 19.7 Å². The lowest BCUT2D eigenvalue weighted by Gasteiger charge is -2.38. The Balaban J connectivity index is 1.79. The minimum atomic E-state index is -0.327. The summed E-state index contributed by atoms with van der Waals surface area (Å²) in [5.41, 5.74) is 0.415. The van der Waals surface area contributed by atoms with Gasteiger partial charge in [0.15, 0.2) is 5.15 Å². The van der Waals surface area contributed by atoms with Gasteiger partial charge in [-0.2, -0.15) is 5.10 Å². The second kappa shape index (κ2) is 7.43. The summed E-state index contributed by atoms with van der Waals surface area (Å²) in [5.74, 6) is 0.346. The summed E-state index contributed by atoms with van der Waals surface area (Å²) < 4.78 is 6.60. The minimum absolute atomic E-state index is 0.00559. The van der Waals surface area contributed by atoms with Crippen LogP contribution in [0, 0.1) is 0 Å². The van der Waals surface area contributed by atoms with Crippen LogP contribution in [0.5, 0.6) is 0 Å². The molecule has 2 atom stereocenters. The molecule has 1 amide bonds. The van der Waals surface area contributed by atoms with Gasteiger partial charge < -0.3 is 15.0 Å². The van der Waals surface area contributed by atoms with Crippen molar-refractivity contribution in [3.63, 3.8) is 0 Å². The molecule has 3 rings (SSSR count). The first-order valence-electron chi connectivity index (χ1n) is 8.24. The number of aryl methyl sites for hydroxylation is 1. The summed E-state index contributed by atoms with van der Waals surface area (Å²) in [6.45, 7) is 4.96. The molecule has 0 aromatic carbocycles. The van der Waals surface area contributed by atoms with Gasteiger partial charge in [0.05, 0.1) is 30.9 Å². The molecular formula is C17H20ClN5O3. The molecule has 0 radical (unpaired) electrons. The van der Waals surface area contributed by atoms with Crippen LogP contribution in [-0.2, 0) is 11.8 Å². The molecule has 1 fully saturated rings. The molecule has 8 nitrogen and oxygen atoms in total. The van der Waals surface area contributed by atoms with E-state index < -0.39 is 0 Å². The summed E-state index contributed by atoms with van der Waals surface area (Å²) in [7, 11) is 1.51. The van der Waals surface area contributed by atoms with Crippen LogP contribution in [0.2, 0.25) is 5.15 Å². The van der Waals surface area contributed by atoms with Crippen molar-refractivity contribution < 1.29 is 9.53 Å². The van der Waals surface area contributed by atoms with Crippen LogP contribution in [0.25, 0.3) is 0 Å². The van der Waals surface area contributed by atoms with Gasteiger partial charge in [0.25, 0.3) is 11.5 Å². The van der Waals surface area contributed by atoms with E-state index in [1.54, 1.807) is 12.1 Å². The molecule has 1 N–H and O–H groups in total. The number of carbonyl (C=O) groups is 1. The van der Waals surface area contributed by atoms with Crippen LogP contribution in [-0.4, -0.2) is 50.9 Å². The highest BCUT2D eigenvalue weighted by Crippen LogP contribution is 2.19. The van der Waals surface area contributed by atoms with E-state index in [4.69, 9.17) is 16.3 Å². The fourth-order valence-corrected chi connectivity index (χ4v) is 3.17. The van der Waals surface area contributed by atoms with E-state index in [0.717, 1.165) is 4.68 Å². The Bertz CT molecular complexity index is 858. The van der Waals surface area contributed by atoms with Crippen LogP contribution in [0.3, 0.4) is 0 Å². The number of ether oxygens (including phenoxy) is 1. The number of nitrogens with one attached hydrogen (secondary N) is 1. The van der Waals surface area contributed by atoms with Gasteiger partial charge in [0, 0.05) is 19.3 Å². The fraction of sp³-hybridized carbons (Fsp3) is 0.412. The summed E-state index contributed by atoms with van der Waals surface area (Å²) in [6.07, 6.45) is 1.49. The van der Waals surface area contributed by atoms with E-state index in [2.05, 4.69) is 15.4 Å². The molecule has 3 heterocycles. The summed E-state index contributed by atoms with van der Waals surface area (Å²) in [5, 5.41) is 6.92. The Morgan fingerprint density at radius 2 is 2.00 bits per heavy atom. The Morgan fingerprint density at radius 3 is 2.62 bits per heavy atom. The highest BCUT2D eigenvalue weighted by Gasteiger charge is 2.30. The zero-order valence-electron chi connectivity index (χ0n) is 14.8. The molecule has 0 saturated carbocycles. The van der Waals surface area contributed by atoms with Crippen molar-refractivity contribution >= 4 is 29.0 Å². The number of carbonyl (C=O) groups excluding carboxylic acids is 1. The summed E-state index contributed by atoms with van der Waals surface area (Å²) >= 11 is 5.88. The number of morpholine rings is 1. The second-order valence-electron chi connectivity index (χ2n) is 6.31. The number of anilines is 2. The van der Waals surface area contributed by atoms with Gasteiger partial charge in [0.1, 0.15) is 11.5 Å². The van der Waals surface area contributed by atoms with Crippen molar-refractivity contribution in [3.05, 3.63) is 45.5 Å². The molecule has 0 bridgehead atoms. The summed E-state index contributed by atoms with van der Waals surface area (Å²) in [4.78, 5) is 30.9. The van der Waals surface area contributed by atoms with Gasteiger partial charge in [0.2, 0.25) is 0 Å². The Hall–Kier alpha value is -2.45. The van der Waals surface area contributed by atoms with Crippen LogP contribution >= 0.6 is 11.6 Å². The SMILES string of the molecule is CC1COCC(C)N1C(=O)c1ccc(Nc2cc(Cl)nn(C)c2=O)nc1. The van der Waals surface area contributed by atoms with E-state index in [-0.39, 0.29) is 34.4 Å². The number of amides is 1. The fourth-order valence-electron chi connectivity index (χ4n) is 2.95. The molecule has 1 saturated heterocycles. The molecule has 1 aliphatic heterocycles. The van der Waals surface area contributed by atoms with Gasteiger partial charge in [-0.1, -0.05) is 11.6 Å². The van der Waals surface area contributed by atoms with Crippen LogP contribution in [0.4, 0.5) is 11.5 Å². The first kappa shape index (κ1) is 18.3. The average molecular weight is 378 g/mol. The quantitative estimate of drug-likeness (QED) is 0.877. The topological polar surface area (TPSA) is 89.4 Å². The number of hydrogen-bond acceptors (Lipinski definition) is 6. The molecule has 2 unspecified atom stereocenters. The molecule has 1 aliphatic rings. The normalized spacial score (nSPS) is 20.1. The first-order chi connectivity index (χ1) is 12.4. The standard InChI is InChI=1S/C17H20ClN5O3/c1-10-8-26-9-11(2)23(10)16(24)12-4-5-15(19-7-12)20-13-6-14(18)21-22(3)17(13)25/h4-7,10-11H,8-9H2,1-3H3,(H,19,20). The van der Waals surface area contributed by atoms with E-state index in [1.165, 1.54) is 19.3 Å². The van der Waals surface area contributed by atoms with E-state index >= 15 is 0 Å². The third kappa shape index (κ3) is 3.71. The van der Waals surface area contributed by atoms with E-state index in [1.807, 2.05) is 18.7 Å². The maximum Gasteiger partial charge on any atom is 0.290 e. The minimum Gasteiger partial charge on any atom is -0.377 e. The van der Waals surface area contributed by atoms with E-state index in [9.17, 15) is 9.59 Å². The van der Waals surface area contributed by atoms with Crippen LogP contribution < -0.4 is 10.9 Å². The van der Waals surface area contributed by atoms with Crippen LogP contribution in [0.1, 0.15) is 24.2 Å². The maximum atomic E-state index is 12.8. The molecular weight excluding hydrogens is 358 g/mol. The number of aromatic nitrogens is 3. The van der Waals surface area contributed by atoms with Gasteiger partial charge in [-0.15, -0.1) is 0 Å². The molecule has 138 valence electrons. The van der Waals surface area contributed by atoms with Crippen molar-refractivity contribution in [2.75, 3.05) is 18.5 Å². The van der Waals surface area contributed by atoms with Crippen molar-refractivity contribution in [2.45, 2.75) is 25.9 Å². The van der Waals surface area contributed by atoms with Crippen molar-refractivity contribution in [2.24, 2.45) is 7.05 Å². The lowest BCUT2D eigenvalue weighted by atomic mass is 10.1. The number of halogens is 1. The highest BCUT2D eigenvalue weighted by atomic mass is 35.5. The van der Waals surface area contributed by atoms with E-state index in [0.29, 0.717) is 24.6 Å². The molecule has 0 aliphatic carbocycles. The predicted octanol–water partition coefficient (Wildman–Crippen LogP) is 1.82. The lowest BCUT2D eigenvalue weighted by molar-refractivity contribution is -0.0249. The second-order valence-corrected chi connectivity index (χ2v) is 6.70. The zero-order valence-corrected chi connectivity index (χ0v) is 15.5.